The van der Waals surface area contributed by atoms with Gasteiger partial charge in [-0.25, -0.2) is 0 Å². The standard InChI is InChI=1S/C11H22N2O2/c1-8(2)11(3,15)7-13-9-4-5-10(14)12-6-9/h8-9,13,15H,4-7H2,1-3H3,(H,12,14). The van der Waals surface area contributed by atoms with Crippen molar-refractivity contribution in [3.63, 3.8) is 0 Å². The van der Waals surface area contributed by atoms with Gasteiger partial charge in [0, 0.05) is 25.6 Å². The van der Waals surface area contributed by atoms with Gasteiger partial charge >= 0.3 is 0 Å². The molecule has 4 heteroatoms. The van der Waals surface area contributed by atoms with Gasteiger partial charge in [0.05, 0.1) is 5.60 Å². The summed E-state index contributed by atoms with van der Waals surface area (Å²) >= 11 is 0. The van der Waals surface area contributed by atoms with Crippen molar-refractivity contribution in [3.05, 3.63) is 0 Å². The average Bonchev–Trinajstić information content (AvgIpc) is 2.17. The lowest BCUT2D eigenvalue weighted by Crippen LogP contribution is -2.51. The summed E-state index contributed by atoms with van der Waals surface area (Å²) in [5, 5.41) is 16.1. The summed E-state index contributed by atoms with van der Waals surface area (Å²) in [5.74, 6) is 0.354. The van der Waals surface area contributed by atoms with Gasteiger partial charge in [-0.15, -0.1) is 0 Å². The summed E-state index contributed by atoms with van der Waals surface area (Å²) in [6, 6.07) is 0.299. The predicted molar refractivity (Wildman–Crippen MR) is 59.5 cm³/mol. The molecule has 88 valence electrons. The van der Waals surface area contributed by atoms with Gasteiger partial charge in [-0.05, 0) is 19.3 Å². The monoisotopic (exact) mass is 214 g/mol. The highest BCUT2D eigenvalue weighted by Gasteiger charge is 2.26. The number of nitrogens with one attached hydrogen (secondary N) is 2. The summed E-state index contributed by atoms with van der Waals surface area (Å²) in [6.07, 6.45) is 1.45. The van der Waals surface area contributed by atoms with Gasteiger partial charge in [-0.2, -0.15) is 0 Å². The van der Waals surface area contributed by atoms with Gasteiger partial charge < -0.3 is 15.7 Å². The molecule has 0 radical (unpaired) electrons. The molecule has 0 spiro atoms. The van der Waals surface area contributed by atoms with Crippen LogP contribution < -0.4 is 10.6 Å². The van der Waals surface area contributed by atoms with Crippen molar-refractivity contribution in [3.8, 4) is 0 Å². The van der Waals surface area contributed by atoms with Crippen LogP contribution in [0.2, 0.25) is 0 Å². The van der Waals surface area contributed by atoms with E-state index in [0.717, 1.165) is 6.42 Å². The van der Waals surface area contributed by atoms with Crippen LogP contribution in [0, 0.1) is 5.92 Å². The maximum absolute atomic E-state index is 10.9. The summed E-state index contributed by atoms with van der Waals surface area (Å²) in [4.78, 5) is 10.9. The Labute approximate surface area is 91.4 Å². The second kappa shape index (κ2) is 4.94. The minimum absolute atomic E-state index is 0.128. The van der Waals surface area contributed by atoms with Gasteiger partial charge in [-0.3, -0.25) is 4.79 Å². The van der Waals surface area contributed by atoms with Crippen LogP contribution in [0.1, 0.15) is 33.6 Å². The molecule has 0 aliphatic carbocycles. The number of piperidine rings is 1. The second-order valence-electron chi connectivity index (χ2n) is 4.93. The molecular weight excluding hydrogens is 192 g/mol. The van der Waals surface area contributed by atoms with E-state index in [1.807, 2.05) is 20.8 Å². The van der Waals surface area contributed by atoms with Crippen molar-refractivity contribution in [2.45, 2.75) is 45.3 Å². The fourth-order valence-electron chi connectivity index (χ4n) is 1.46. The number of rotatable bonds is 4. The van der Waals surface area contributed by atoms with Crippen LogP contribution in [0.15, 0.2) is 0 Å². The first-order chi connectivity index (χ1) is 6.92. The van der Waals surface area contributed by atoms with Gasteiger partial charge in [0.15, 0.2) is 0 Å². The van der Waals surface area contributed by atoms with Crippen LogP contribution in [0.25, 0.3) is 0 Å². The molecular formula is C11H22N2O2. The minimum Gasteiger partial charge on any atom is -0.389 e. The van der Waals surface area contributed by atoms with E-state index in [4.69, 9.17) is 0 Å². The lowest BCUT2D eigenvalue weighted by Gasteiger charge is -2.31. The number of carbonyl (C=O) groups excluding carboxylic acids is 1. The normalized spacial score (nSPS) is 26.2. The van der Waals surface area contributed by atoms with E-state index in [1.54, 1.807) is 0 Å². The molecule has 2 atom stereocenters. The summed E-state index contributed by atoms with van der Waals surface area (Å²) in [6.45, 7) is 7.10. The first-order valence-electron chi connectivity index (χ1n) is 5.64. The molecule has 1 fully saturated rings. The van der Waals surface area contributed by atoms with Crippen LogP contribution in [0.5, 0.6) is 0 Å². The van der Waals surface area contributed by atoms with Crippen LogP contribution in [0.3, 0.4) is 0 Å². The van der Waals surface area contributed by atoms with Gasteiger partial charge in [0.1, 0.15) is 0 Å². The van der Waals surface area contributed by atoms with Crippen LogP contribution in [-0.2, 0) is 4.79 Å². The highest BCUT2D eigenvalue weighted by Crippen LogP contribution is 2.15. The summed E-state index contributed by atoms with van der Waals surface area (Å²) < 4.78 is 0. The predicted octanol–water partition coefficient (Wildman–Crippen LogP) is 0.262. The number of amides is 1. The maximum Gasteiger partial charge on any atom is 0.220 e. The van der Waals surface area contributed by atoms with Crippen molar-refractivity contribution >= 4 is 5.91 Å². The Bertz CT molecular complexity index is 217. The number of aliphatic hydroxyl groups is 1. The molecule has 1 saturated heterocycles. The summed E-state index contributed by atoms with van der Waals surface area (Å²) in [5.41, 5.74) is -0.679. The Morgan fingerprint density at radius 1 is 1.67 bits per heavy atom. The lowest BCUT2D eigenvalue weighted by atomic mass is 9.92. The highest BCUT2D eigenvalue weighted by atomic mass is 16.3. The third-order valence-corrected chi connectivity index (χ3v) is 3.26. The fraction of sp³-hybridized carbons (Fsp3) is 0.909. The van der Waals surface area contributed by atoms with Crippen molar-refractivity contribution in [2.24, 2.45) is 5.92 Å². The molecule has 1 amide bonds. The molecule has 1 aliphatic rings. The Hall–Kier alpha value is -0.610. The van der Waals surface area contributed by atoms with E-state index in [-0.39, 0.29) is 11.8 Å². The average molecular weight is 214 g/mol. The van der Waals surface area contributed by atoms with E-state index in [1.165, 1.54) is 0 Å². The molecule has 0 bridgehead atoms. The first kappa shape index (κ1) is 12.5. The third kappa shape index (κ3) is 3.80. The molecule has 1 rings (SSSR count). The molecule has 0 saturated carbocycles. The Balaban J connectivity index is 2.28. The maximum atomic E-state index is 10.9. The lowest BCUT2D eigenvalue weighted by molar-refractivity contribution is -0.122. The Morgan fingerprint density at radius 3 is 2.80 bits per heavy atom. The van der Waals surface area contributed by atoms with Crippen molar-refractivity contribution in [1.29, 1.82) is 0 Å². The molecule has 0 aromatic rings. The number of hydrogen-bond donors (Lipinski definition) is 3. The number of hydrogen-bond acceptors (Lipinski definition) is 3. The van der Waals surface area contributed by atoms with Crippen molar-refractivity contribution in [1.82, 2.24) is 10.6 Å². The van der Waals surface area contributed by atoms with E-state index in [2.05, 4.69) is 10.6 Å². The Morgan fingerprint density at radius 2 is 2.33 bits per heavy atom. The van der Waals surface area contributed by atoms with Gasteiger partial charge in [-0.1, -0.05) is 13.8 Å². The third-order valence-electron chi connectivity index (χ3n) is 3.26. The first-order valence-corrected chi connectivity index (χ1v) is 5.64. The van der Waals surface area contributed by atoms with Gasteiger partial charge in [0.25, 0.3) is 0 Å². The molecule has 1 aliphatic heterocycles. The van der Waals surface area contributed by atoms with Crippen LogP contribution in [0.4, 0.5) is 0 Å². The summed E-state index contributed by atoms with van der Waals surface area (Å²) in [7, 11) is 0. The quantitative estimate of drug-likeness (QED) is 0.629. The zero-order valence-electron chi connectivity index (χ0n) is 9.84. The number of carbonyl (C=O) groups is 1. The molecule has 3 N–H and O–H groups in total. The van der Waals surface area contributed by atoms with E-state index in [0.29, 0.717) is 25.6 Å². The molecule has 15 heavy (non-hydrogen) atoms. The molecule has 0 aromatic carbocycles. The Kier molecular flexibility index (Phi) is 4.11. The zero-order chi connectivity index (χ0) is 11.5. The molecule has 1 heterocycles. The van der Waals surface area contributed by atoms with Crippen LogP contribution >= 0.6 is 0 Å². The minimum atomic E-state index is -0.679. The molecule has 4 nitrogen and oxygen atoms in total. The molecule has 2 unspecified atom stereocenters. The van der Waals surface area contributed by atoms with Gasteiger partial charge in [0.2, 0.25) is 5.91 Å². The van der Waals surface area contributed by atoms with Crippen molar-refractivity contribution in [2.75, 3.05) is 13.1 Å². The van der Waals surface area contributed by atoms with Crippen LogP contribution in [-0.4, -0.2) is 35.7 Å². The van der Waals surface area contributed by atoms with E-state index in [9.17, 15) is 9.90 Å². The molecule has 0 aromatic heterocycles. The SMILES string of the molecule is CC(C)C(C)(O)CNC1CCC(=O)NC1. The zero-order valence-corrected chi connectivity index (χ0v) is 9.84. The topological polar surface area (TPSA) is 61.4 Å². The largest absolute Gasteiger partial charge is 0.389 e. The van der Waals surface area contributed by atoms with E-state index >= 15 is 0 Å². The van der Waals surface area contributed by atoms with E-state index < -0.39 is 5.60 Å². The van der Waals surface area contributed by atoms with Crippen molar-refractivity contribution < 1.29 is 9.90 Å². The fourth-order valence-corrected chi connectivity index (χ4v) is 1.46. The second-order valence-corrected chi connectivity index (χ2v) is 4.93. The smallest absolute Gasteiger partial charge is 0.220 e. The highest BCUT2D eigenvalue weighted by molar-refractivity contribution is 5.76.